The Labute approximate surface area is 81.1 Å². The van der Waals surface area contributed by atoms with Gasteiger partial charge in [0.1, 0.15) is 6.10 Å². The van der Waals surface area contributed by atoms with E-state index in [1.54, 1.807) is 11.4 Å². The van der Waals surface area contributed by atoms with Gasteiger partial charge in [-0.25, -0.2) is 0 Å². The summed E-state index contributed by atoms with van der Waals surface area (Å²) in [5.41, 5.74) is 0.580. The van der Waals surface area contributed by atoms with Gasteiger partial charge < -0.3 is 5.11 Å². The number of nitro groups is 1. The molecule has 0 aliphatic carbocycles. The van der Waals surface area contributed by atoms with E-state index >= 15 is 0 Å². The summed E-state index contributed by atoms with van der Waals surface area (Å²) in [4.78, 5) is 9.52. The molecule has 0 fully saturated rings. The van der Waals surface area contributed by atoms with Gasteiger partial charge >= 0.3 is 0 Å². The molecule has 0 spiro atoms. The monoisotopic (exact) mass is 251 g/mol. The van der Waals surface area contributed by atoms with Crippen molar-refractivity contribution in [2.45, 2.75) is 6.10 Å². The third-order valence-corrected chi connectivity index (χ3v) is 3.06. The lowest BCUT2D eigenvalue weighted by Crippen LogP contribution is -2.11. The van der Waals surface area contributed by atoms with Crippen LogP contribution in [-0.2, 0) is 0 Å². The molecule has 6 heteroatoms. The van der Waals surface area contributed by atoms with Crippen LogP contribution in [0, 0.1) is 10.1 Å². The molecule has 0 aliphatic heterocycles. The maximum Gasteiger partial charge on any atom is 0.233 e. The number of thiophene rings is 1. The van der Waals surface area contributed by atoms with Crippen LogP contribution in [0.3, 0.4) is 0 Å². The number of rotatable bonds is 3. The van der Waals surface area contributed by atoms with E-state index in [0.29, 0.717) is 5.56 Å². The van der Waals surface area contributed by atoms with Gasteiger partial charge in [-0.1, -0.05) is 0 Å². The Kier molecular flexibility index (Phi) is 3.19. The third kappa shape index (κ3) is 2.26. The fourth-order valence-corrected chi connectivity index (χ4v) is 2.18. The van der Waals surface area contributed by atoms with Crippen molar-refractivity contribution in [1.82, 2.24) is 0 Å². The van der Waals surface area contributed by atoms with E-state index in [1.165, 1.54) is 11.3 Å². The molecule has 4 nitrogen and oxygen atoms in total. The summed E-state index contributed by atoms with van der Waals surface area (Å²) in [7, 11) is 0. The molecule has 66 valence electrons. The van der Waals surface area contributed by atoms with E-state index in [9.17, 15) is 15.2 Å². The van der Waals surface area contributed by atoms with Crippen molar-refractivity contribution < 1.29 is 10.0 Å². The van der Waals surface area contributed by atoms with Crippen LogP contribution in [0.1, 0.15) is 11.7 Å². The lowest BCUT2D eigenvalue weighted by Gasteiger charge is -2.03. The van der Waals surface area contributed by atoms with Crippen LogP contribution in [-0.4, -0.2) is 16.6 Å². The zero-order chi connectivity index (χ0) is 9.14. The minimum atomic E-state index is -1.01. The Hall–Kier alpha value is -0.460. The van der Waals surface area contributed by atoms with Crippen molar-refractivity contribution in [3.8, 4) is 0 Å². The number of aliphatic hydroxyl groups excluding tert-OH is 1. The molecular weight excluding hydrogens is 246 g/mol. The Bertz CT molecular complexity index is 288. The van der Waals surface area contributed by atoms with Crippen LogP contribution >= 0.6 is 27.3 Å². The standard InChI is InChI=1S/C6H6BrNO3S/c7-6-4(1-2-12-6)5(9)3-8(10)11/h1-2,5,9H,3H2. The topological polar surface area (TPSA) is 63.4 Å². The van der Waals surface area contributed by atoms with Crippen LogP contribution in [0.15, 0.2) is 15.2 Å². The number of aliphatic hydroxyl groups is 1. The van der Waals surface area contributed by atoms with Crippen LogP contribution in [0.5, 0.6) is 0 Å². The van der Waals surface area contributed by atoms with Gasteiger partial charge in [0.15, 0.2) is 0 Å². The molecular formula is C6H6BrNO3S. The fraction of sp³-hybridized carbons (Fsp3) is 0.333. The summed E-state index contributed by atoms with van der Waals surface area (Å²) in [5.74, 6) is 0. The first-order chi connectivity index (χ1) is 5.61. The van der Waals surface area contributed by atoms with E-state index in [-0.39, 0.29) is 0 Å². The first-order valence-corrected chi connectivity index (χ1v) is 4.81. The number of hydrogen-bond donors (Lipinski definition) is 1. The smallest absolute Gasteiger partial charge is 0.233 e. The van der Waals surface area contributed by atoms with E-state index in [1.807, 2.05) is 0 Å². The summed E-state index contributed by atoms with van der Waals surface area (Å²) < 4.78 is 0.747. The Morgan fingerprint density at radius 1 is 1.83 bits per heavy atom. The molecule has 1 unspecified atom stereocenters. The van der Waals surface area contributed by atoms with Crippen molar-refractivity contribution in [1.29, 1.82) is 0 Å². The average Bonchev–Trinajstić information content (AvgIpc) is 2.33. The van der Waals surface area contributed by atoms with Gasteiger partial charge in [0.2, 0.25) is 6.54 Å². The first-order valence-electron chi connectivity index (χ1n) is 3.14. The normalized spacial score (nSPS) is 12.8. The second-order valence-corrected chi connectivity index (χ2v) is 4.41. The molecule has 0 saturated carbocycles. The number of halogens is 1. The quantitative estimate of drug-likeness (QED) is 0.659. The lowest BCUT2D eigenvalue weighted by molar-refractivity contribution is -0.491. The SMILES string of the molecule is O=[N+]([O-])CC(O)c1ccsc1Br. The molecule has 1 heterocycles. The minimum Gasteiger partial charge on any atom is -0.381 e. The van der Waals surface area contributed by atoms with E-state index in [0.717, 1.165) is 3.79 Å². The van der Waals surface area contributed by atoms with Crippen LogP contribution in [0.25, 0.3) is 0 Å². The second kappa shape index (κ2) is 3.97. The summed E-state index contributed by atoms with van der Waals surface area (Å²) >= 11 is 4.59. The van der Waals surface area contributed by atoms with Gasteiger partial charge in [-0.3, -0.25) is 10.1 Å². The summed E-state index contributed by atoms with van der Waals surface area (Å²) in [6.45, 7) is -0.449. The molecule has 12 heavy (non-hydrogen) atoms. The van der Waals surface area contributed by atoms with Crippen LogP contribution in [0.4, 0.5) is 0 Å². The molecule has 1 aromatic rings. The molecule has 0 radical (unpaired) electrons. The highest BCUT2D eigenvalue weighted by Crippen LogP contribution is 2.28. The van der Waals surface area contributed by atoms with E-state index in [2.05, 4.69) is 15.9 Å². The van der Waals surface area contributed by atoms with Crippen LogP contribution < -0.4 is 0 Å². The van der Waals surface area contributed by atoms with Crippen LogP contribution in [0.2, 0.25) is 0 Å². The third-order valence-electron chi connectivity index (χ3n) is 1.33. The summed E-state index contributed by atoms with van der Waals surface area (Å²) in [6.07, 6.45) is -1.01. The average molecular weight is 252 g/mol. The van der Waals surface area contributed by atoms with Crippen molar-refractivity contribution in [2.24, 2.45) is 0 Å². The van der Waals surface area contributed by atoms with Crippen molar-refractivity contribution in [3.05, 3.63) is 30.9 Å². The van der Waals surface area contributed by atoms with Crippen molar-refractivity contribution in [3.63, 3.8) is 0 Å². The zero-order valence-corrected chi connectivity index (χ0v) is 8.34. The van der Waals surface area contributed by atoms with Gasteiger partial charge in [-0.2, -0.15) is 0 Å². The molecule has 0 bridgehead atoms. The highest BCUT2D eigenvalue weighted by molar-refractivity contribution is 9.11. The first kappa shape index (κ1) is 9.63. The van der Waals surface area contributed by atoms with E-state index in [4.69, 9.17) is 0 Å². The molecule has 1 rings (SSSR count). The summed E-state index contributed by atoms with van der Waals surface area (Å²) in [5, 5.41) is 21.1. The van der Waals surface area contributed by atoms with Crippen molar-refractivity contribution >= 4 is 27.3 Å². The number of hydrogen-bond acceptors (Lipinski definition) is 4. The largest absolute Gasteiger partial charge is 0.381 e. The molecule has 0 aliphatic rings. The van der Waals surface area contributed by atoms with Gasteiger partial charge in [-0.05, 0) is 27.4 Å². The number of nitrogens with zero attached hydrogens (tertiary/aromatic N) is 1. The predicted octanol–water partition coefficient (Wildman–Crippen LogP) is 1.82. The fourth-order valence-electron chi connectivity index (χ4n) is 0.782. The molecule has 1 atom stereocenters. The molecule has 0 aromatic carbocycles. The minimum absolute atomic E-state index is 0.449. The molecule has 0 saturated heterocycles. The van der Waals surface area contributed by atoms with Gasteiger partial charge in [0.05, 0.1) is 3.79 Å². The van der Waals surface area contributed by atoms with E-state index < -0.39 is 17.6 Å². The lowest BCUT2D eigenvalue weighted by atomic mass is 10.2. The van der Waals surface area contributed by atoms with Gasteiger partial charge in [0.25, 0.3) is 0 Å². The molecule has 1 N–H and O–H groups in total. The second-order valence-electron chi connectivity index (χ2n) is 2.18. The van der Waals surface area contributed by atoms with Gasteiger partial charge in [-0.15, -0.1) is 11.3 Å². The summed E-state index contributed by atoms with van der Waals surface area (Å²) in [6, 6.07) is 1.67. The molecule has 1 aromatic heterocycles. The highest BCUT2D eigenvalue weighted by Gasteiger charge is 2.17. The Balaban J connectivity index is 2.71. The zero-order valence-electron chi connectivity index (χ0n) is 5.94. The Morgan fingerprint density at radius 2 is 2.50 bits per heavy atom. The van der Waals surface area contributed by atoms with Gasteiger partial charge in [0, 0.05) is 10.5 Å². The maximum atomic E-state index is 10.0. The maximum absolute atomic E-state index is 10.0. The van der Waals surface area contributed by atoms with Crippen molar-refractivity contribution in [2.75, 3.05) is 6.54 Å². The highest BCUT2D eigenvalue weighted by atomic mass is 79.9. The predicted molar refractivity (Wildman–Crippen MR) is 48.8 cm³/mol. The molecule has 0 amide bonds. The Morgan fingerprint density at radius 3 is 2.92 bits per heavy atom.